The van der Waals surface area contributed by atoms with E-state index in [4.69, 9.17) is 0 Å². The first-order valence-electron chi connectivity index (χ1n) is 10.1. The fraction of sp³-hybridized carbons (Fsp3) is 0.318. The molecule has 9 heteroatoms. The molecule has 0 unspecified atom stereocenters. The summed E-state index contributed by atoms with van der Waals surface area (Å²) in [6.45, 7) is 8.03. The van der Waals surface area contributed by atoms with Crippen molar-refractivity contribution < 1.29 is 18.3 Å². The second-order valence-corrected chi connectivity index (χ2v) is 9.21. The Morgan fingerprint density at radius 3 is 2.42 bits per heavy atom. The predicted octanol–water partition coefficient (Wildman–Crippen LogP) is 4.88. The van der Waals surface area contributed by atoms with Crippen LogP contribution in [0, 0.1) is 0 Å². The first kappa shape index (κ1) is 22.6. The van der Waals surface area contributed by atoms with Gasteiger partial charge >= 0.3 is 0 Å². The molecule has 31 heavy (non-hydrogen) atoms. The van der Waals surface area contributed by atoms with Crippen LogP contribution in [0.15, 0.2) is 63.7 Å². The predicted molar refractivity (Wildman–Crippen MR) is 119 cm³/mol. The highest BCUT2D eigenvalue weighted by Crippen LogP contribution is 2.40. The van der Waals surface area contributed by atoms with Gasteiger partial charge in [0.2, 0.25) is 15.9 Å². The Kier molecular flexibility index (Phi) is 6.56. The van der Waals surface area contributed by atoms with Crippen LogP contribution in [0.5, 0.6) is 5.88 Å². The van der Waals surface area contributed by atoms with E-state index in [0.717, 1.165) is 5.52 Å². The van der Waals surface area contributed by atoms with E-state index in [0.29, 0.717) is 18.5 Å². The SMILES string of the molecule is CCN(CC)S(=O)(=O)c1cccc(C(=O)N=Nc2c(O)n(C(C)C)c3ccccc23)c1. The van der Waals surface area contributed by atoms with Crippen molar-refractivity contribution in [2.75, 3.05) is 13.1 Å². The number of sulfonamides is 1. The molecule has 0 radical (unpaired) electrons. The number of nitrogens with zero attached hydrogens (tertiary/aromatic N) is 4. The number of carbonyl (C=O) groups is 1. The quantitative estimate of drug-likeness (QED) is 0.526. The summed E-state index contributed by atoms with van der Waals surface area (Å²) >= 11 is 0. The van der Waals surface area contributed by atoms with E-state index >= 15 is 0 Å². The van der Waals surface area contributed by atoms with Crippen LogP contribution in [0.1, 0.15) is 44.1 Å². The molecule has 0 aliphatic carbocycles. The van der Waals surface area contributed by atoms with Gasteiger partial charge in [-0.15, -0.1) is 10.2 Å². The van der Waals surface area contributed by atoms with E-state index in [1.807, 2.05) is 32.0 Å². The van der Waals surface area contributed by atoms with Crippen LogP contribution in [0.25, 0.3) is 10.9 Å². The lowest BCUT2D eigenvalue weighted by Crippen LogP contribution is -2.30. The fourth-order valence-electron chi connectivity index (χ4n) is 3.51. The minimum atomic E-state index is -3.70. The van der Waals surface area contributed by atoms with E-state index in [1.54, 1.807) is 24.5 Å². The molecular formula is C22H26N4O4S. The highest BCUT2D eigenvalue weighted by molar-refractivity contribution is 7.89. The number of aromatic nitrogens is 1. The van der Waals surface area contributed by atoms with Gasteiger partial charge in [0.1, 0.15) is 0 Å². The van der Waals surface area contributed by atoms with Gasteiger partial charge in [0, 0.05) is 30.1 Å². The molecular weight excluding hydrogens is 416 g/mol. The van der Waals surface area contributed by atoms with Crippen molar-refractivity contribution in [3.05, 3.63) is 54.1 Å². The number of fused-ring (bicyclic) bond motifs is 1. The summed E-state index contributed by atoms with van der Waals surface area (Å²) < 4.78 is 28.5. The Balaban J connectivity index is 1.98. The standard InChI is InChI=1S/C22H26N4O4S/c1-5-25(6-2)31(29,30)17-11-9-10-16(14-17)21(27)24-23-20-18-12-7-8-13-19(18)26(15(3)4)22(20)28/h7-15,28H,5-6H2,1-4H3. The second-order valence-electron chi connectivity index (χ2n) is 7.28. The molecule has 1 aromatic heterocycles. The first-order chi connectivity index (χ1) is 14.7. The van der Waals surface area contributed by atoms with Crippen LogP contribution in [0.2, 0.25) is 0 Å². The molecule has 0 spiro atoms. The summed E-state index contributed by atoms with van der Waals surface area (Å²) in [6, 6.07) is 13.0. The van der Waals surface area contributed by atoms with Gasteiger partial charge in [-0.2, -0.15) is 4.31 Å². The number of para-hydroxylation sites is 1. The van der Waals surface area contributed by atoms with Crippen LogP contribution < -0.4 is 0 Å². The third-order valence-corrected chi connectivity index (χ3v) is 7.09. The highest BCUT2D eigenvalue weighted by atomic mass is 32.2. The van der Waals surface area contributed by atoms with Crippen LogP contribution in [-0.4, -0.2) is 41.4 Å². The van der Waals surface area contributed by atoms with E-state index in [1.165, 1.54) is 28.6 Å². The number of aromatic hydroxyl groups is 1. The largest absolute Gasteiger partial charge is 0.493 e. The van der Waals surface area contributed by atoms with Gasteiger partial charge in [0.25, 0.3) is 5.91 Å². The molecule has 0 saturated carbocycles. The molecule has 1 N–H and O–H groups in total. The molecule has 3 rings (SSSR count). The number of rotatable bonds is 7. The van der Waals surface area contributed by atoms with Gasteiger partial charge in [-0.3, -0.25) is 4.79 Å². The van der Waals surface area contributed by atoms with Gasteiger partial charge in [0.15, 0.2) is 5.69 Å². The summed E-state index contributed by atoms with van der Waals surface area (Å²) in [5.41, 5.74) is 1.08. The molecule has 1 heterocycles. The summed E-state index contributed by atoms with van der Waals surface area (Å²) in [6.07, 6.45) is 0. The monoisotopic (exact) mass is 442 g/mol. The van der Waals surface area contributed by atoms with Crippen LogP contribution in [0.4, 0.5) is 5.69 Å². The van der Waals surface area contributed by atoms with Gasteiger partial charge in [-0.25, -0.2) is 8.42 Å². The maximum Gasteiger partial charge on any atom is 0.295 e. The van der Waals surface area contributed by atoms with E-state index < -0.39 is 15.9 Å². The number of amides is 1. The molecule has 2 aromatic carbocycles. The number of hydrogen-bond acceptors (Lipinski definition) is 5. The summed E-state index contributed by atoms with van der Waals surface area (Å²) in [4.78, 5) is 12.7. The van der Waals surface area contributed by atoms with Crippen molar-refractivity contribution in [3.8, 4) is 5.88 Å². The van der Waals surface area contributed by atoms with Crippen LogP contribution >= 0.6 is 0 Å². The lowest BCUT2D eigenvalue weighted by Gasteiger charge is -2.18. The maximum absolute atomic E-state index is 12.7. The average Bonchev–Trinajstić information content (AvgIpc) is 3.04. The molecule has 8 nitrogen and oxygen atoms in total. The molecule has 3 aromatic rings. The lowest BCUT2D eigenvalue weighted by molar-refractivity contribution is 0.0995. The molecule has 0 fully saturated rings. The van der Waals surface area contributed by atoms with Crippen molar-refractivity contribution in [3.63, 3.8) is 0 Å². The fourth-order valence-corrected chi connectivity index (χ4v) is 5.01. The second kappa shape index (κ2) is 8.99. The van der Waals surface area contributed by atoms with Crippen molar-refractivity contribution in [1.29, 1.82) is 0 Å². The van der Waals surface area contributed by atoms with E-state index in [2.05, 4.69) is 10.2 Å². The van der Waals surface area contributed by atoms with E-state index in [-0.39, 0.29) is 28.1 Å². The lowest BCUT2D eigenvalue weighted by atomic mass is 10.2. The zero-order valence-electron chi connectivity index (χ0n) is 18.0. The summed E-state index contributed by atoms with van der Waals surface area (Å²) in [5.74, 6) is -0.775. The molecule has 164 valence electrons. The zero-order valence-corrected chi connectivity index (χ0v) is 18.8. The maximum atomic E-state index is 12.7. The molecule has 0 saturated heterocycles. The molecule has 1 amide bonds. The number of benzene rings is 2. The molecule has 0 aliphatic rings. The third kappa shape index (κ3) is 4.24. The van der Waals surface area contributed by atoms with Crippen molar-refractivity contribution in [2.24, 2.45) is 10.2 Å². The van der Waals surface area contributed by atoms with E-state index in [9.17, 15) is 18.3 Å². The number of hydrogen-bond donors (Lipinski definition) is 1. The van der Waals surface area contributed by atoms with Gasteiger partial charge < -0.3 is 9.67 Å². The van der Waals surface area contributed by atoms with Crippen LogP contribution in [-0.2, 0) is 10.0 Å². The Morgan fingerprint density at radius 2 is 1.77 bits per heavy atom. The Hall–Kier alpha value is -3.04. The van der Waals surface area contributed by atoms with Gasteiger partial charge in [-0.1, -0.05) is 38.1 Å². The average molecular weight is 443 g/mol. The molecule has 0 bridgehead atoms. The Morgan fingerprint density at radius 1 is 1.10 bits per heavy atom. The highest BCUT2D eigenvalue weighted by Gasteiger charge is 2.23. The van der Waals surface area contributed by atoms with Gasteiger partial charge in [0.05, 0.1) is 10.4 Å². The minimum absolute atomic E-state index is 0.0217. The van der Waals surface area contributed by atoms with Crippen molar-refractivity contribution >= 4 is 32.5 Å². The number of azo groups is 1. The van der Waals surface area contributed by atoms with Crippen molar-refractivity contribution in [2.45, 2.75) is 38.6 Å². The van der Waals surface area contributed by atoms with Crippen LogP contribution in [0.3, 0.4) is 0 Å². The zero-order chi connectivity index (χ0) is 22.8. The normalized spacial score (nSPS) is 12.5. The first-order valence-corrected chi connectivity index (χ1v) is 11.5. The minimum Gasteiger partial charge on any atom is -0.493 e. The topological polar surface area (TPSA) is 104 Å². The third-order valence-electron chi connectivity index (χ3n) is 5.04. The Labute approximate surface area is 181 Å². The number of carbonyl (C=O) groups excluding carboxylic acids is 1. The van der Waals surface area contributed by atoms with Crippen molar-refractivity contribution in [1.82, 2.24) is 8.87 Å². The molecule has 0 aliphatic heterocycles. The summed E-state index contributed by atoms with van der Waals surface area (Å²) in [7, 11) is -3.70. The Bertz CT molecular complexity index is 1240. The summed E-state index contributed by atoms with van der Waals surface area (Å²) in [5, 5.41) is 19.1. The molecule has 0 atom stereocenters. The smallest absolute Gasteiger partial charge is 0.295 e. The van der Waals surface area contributed by atoms with Gasteiger partial charge in [-0.05, 0) is 38.1 Å².